The maximum atomic E-state index is 12.3. The molecule has 1 aromatic heterocycles. The van der Waals surface area contributed by atoms with Gasteiger partial charge in [0.05, 0.1) is 25.3 Å². The molecule has 4 nitrogen and oxygen atoms in total. The lowest BCUT2D eigenvalue weighted by Crippen LogP contribution is -2.41. The summed E-state index contributed by atoms with van der Waals surface area (Å²) in [5.74, 6) is 0.157. The van der Waals surface area contributed by atoms with Crippen LogP contribution in [-0.2, 0) is 28.8 Å². The van der Waals surface area contributed by atoms with Crippen LogP contribution in [0.4, 0.5) is 0 Å². The largest absolute Gasteiger partial charge is 0.378 e. The molecular formula is C19H22N2O2S. The minimum Gasteiger partial charge on any atom is -0.378 e. The van der Waals surface area contributed by atoms with Crippen molar-refractivity contribution in [2.45, 2.75) is 32.1 Å². The molecule has 126 valence electrons. The van der Waals surface area contributed by atoms with Crippen LogP contribution in [0.15, 0.2) is 23.6 Å². The van der Waals surface area contributed by atoms with Crippen molar-refractivity contribution in [3.05, 3.63) is 39.7 Å². The number of rotatable bonds is 3. The summed E-state index contributed by atoms with van der Waals surface area (Å²) < 4.78 is 5.30. The number of nitrogens with zero attached hydrogens (tertiary/aromatic N) is 2. The smallest absolute Gasteiger partial charge is 0.229 e. The summed E-state index contributed by atoms with van der Waals surface area (Å²) in [5.41, 5.74) is 5.13. The number of hydrogen-bond donors (Lipinski definition) is 0. The van der Waals surface area contributed by atoms with Gasteiger partial charge in [-0.3, -0.25) is 4.79 Å². The molecule has 0 spiro atoms. The van der Waals surface area contributed by atoms with Gasteiger partial charge in [0.2, 0.25) is 5.91 Å². The Morgan fingerprint density at radius 3 is 2.79 bits per heavy atom. The molecule has 1 amide bonds. The van der Waals surface area contributed by atoms with Crippen molar-refractivity contribution in [3.63, 3.8) is 0 Å². The van der Waals surface area contributed by atoms with Crippen LogP contribution in [0.2, 0.25) is 0 Å². The molecule has 0 atom stereocenters. The quantitative estimate of drug-likeness (QED) is 0.861. The van der Waals surface area contributed by atoms with Gasteiger partial charge < -0.3 is 9.64 Å². The van der Waals surface area contributed by atoms with E-state index < -0.39 is 0 Å². The van der Waals surface area contributed by atoms with Gasteiger partial charge in [-0.05, 0) is 42.9 Å². The van der Waals surface area contributed by atoms with Gasteiger partial charge in [-0.25, -0.2) is 4.98 Å². The topological polar surface area (TPSA) is 42.4 Å². The standard InChI is InChI=1S/C19H22N2O2S/c22-19(21-7-9-23-10-8-21)12-18-20-17(13-24-18)16-6-5-14-3-1-2-4-15(14)11-16/h5-6,11,13H,1-4,7-10,12H2. The molecule has 4 rings (SSSR count). The van der Waals surface area contributed by atoms with Crippen LogP contribution in [0.1, 0.15) is 29.0 Å². The maximum Gasteiger partial charge on any atom is 0.229 e. The number of morpholine rings is 1. The highest BCUT2D eigenvalue weighted by atomic mass is 32.1. The fourth-order valence-electron chi connectivity index (χ4n) is 3.47. The summed E-state index contributed by atoms with van der Waals surface area (Å²) in [5, 5.41) is 2.98. The summed E-state index contributed by atoms with van der Waals surface area (Å²) in [4.78, 5) is 18.9. The number of thiazole rings is 1. The van der Waals surface area contributed by atoms with Crippen LogP contribution in [0.25, 0.3) is 11.3 Å². The van der Waals surface area contributed by atoms with E-state index in [2.05, 4.69) is 23.6 Å². The van der Waals surface area contributed by atoms with Gasteiger partial charge in [-0.15, -0.1) is 11.3 Å². The van der Waals surface area contributed by atoms with Gasteiger partial charge in [0.25, 0.3) is 0 Å². The van der Waals surface area contributed by atoms with E-state index >= 15 is 0 Å². The number of carbonyl (C=O) groups excluding carboxylic acids is 1. The van der Waals surface area contributed by atoms with Crippen molar-refractivity contribution in [1.29, 1.82) is 0 Å². The summed E-state index contributed by atoms with van der Waals surface area (Å²) >= 11 is 1.58. The van der Waals surface area contributed by atoms with Crippen molar-refractivity contribution in [2.75, 3.05) is 26.3 Å². The van der Waals surface area contributed by atoms with Crippen LogP contribution >= 0.6 is 11.3 Å². The number of carbonyl (C=O) groups is 1. The minimum absolute atomic E-state index is 0.157. The molecule has 24 heavy (non-hydrogen) atoms. The van der Waals surface area contributed by atoms with E-state index in [4.69, 9.17) is 9.72 Å². The first-order valence-corrected chi connectivity index (χ1v) is 9.60. The Morgan fingerprint density at radius 2 is 1.96 bits per heavy atom. The monoisotopic (exact) mass is 342 g/mol. The fourth-order valence-corrected chi connectivity index (χ4v) is 4.27. The van der Waals surface area contributed by atoms with Crippen molar-refractivity contribution in [3.8, 4) is 11.3 Å². The molecule has 0 N–H and O–H groups in total. The third-order valence-electron chi connectivity index (χ3n) is 4.86. The first-order chi connectivity index (χ1) is 11.8. The van der Waals surface area contributed by atoms with Crippen molar-refractivity contribution in [2.24, 2.45) is 0 Å². The second-order valence-corrected chi connectivity index (χ2v) is 7.43. The van der Waals surface area contributed by atoms with Crippen LogP contribution in [0.3, 0.4) is 0 Å². The molecule has 1 aliphatic carbocycles. The Hall–Kier alpha value is -1.72. The number of hydrogen-bond acceptors (Lipinski definition) is 4. The number of aryl methyl sites for hydroxylation is 2. The van der Waals surface area contributed by atoms with E-state index in [-0.39, 0.29) is 5.91 Å². The molecule has 2 aromatic rings. The number of benzene rings is 1. The van der Waals surface area contributed by atoms with Gasteiger partial charge in [0, 0.05) is 24.0 Å². The van der Waals surface area contributed by atoms with Gasteiger partial charge >= 0.3 is 0 Å². The molecular weight excluding hydrogens is 320 g/mol. The van der Waals surface area contributed by atoms with Gasteiger partial charge in [-0.1, -0.05) is 12.1 Å². The van der Waals surface area contributed by atoms with Crippen LogP contribution in [0.5, 0.6) is 0 Å². The average Bonchev–Trinajstić information content (AvgIpc) is 3.10. The van der Waals surface area contributed by atoms with Crippen molar-refractivity contribution < 1.29 is 9.53 Å². The predicted octanol–water partition coefficient (Wildman–Crippen LogP) is 3.09. The highest BCUT2D eigenvalue weighted by Crippen LogP contribution is 2.28. The molecule has 0 bridgehead atoms. The zero-order chi connectivity index (χ0) is 16.4. The van der Waals surface area contributed by atoms with E-state index in [0.29, 0.717) is 32.7 Å². The molecule has 1 saturated heterocycles. The summed E-state index contributed by atoms with van der Waals surface area (Å²) in [6, 6.07) is 6.71. The predicted molar refractivity (Wildman–Crippen MR) is 95.3 cm³/mol. The summed E-state index contributed by atoms with van der Waals surface area (Å²) in [7, 11) is 0. The molecule has 1 aromatic carbocycles. The molecule has 2 heterocycles. The molecule has 2 aliphatic rings. The first-order valence-electron chi connectivity index (χ1n) is 8.72. The number of aromatic nitrogens is 1. The molecule has 0 saturated carbocycles. The Balaban J connectivity index is 1.47. The lowest BCUT2D eigenvalue weighted by Gasteiger charge is -2.26. The van der Waals surface area contributed by atoms with Gasteiger partial charge in [-0.2, -0.15) is 0 Å². The van der Waals surface area contributed by atoms with Crippen LogP contribution in [-0.4, -0.2) is 42.1 Å². The highest BCUT2D eigenvalue weighted by Gasteiger charge is 2.19. The van der Waals surface area contributed by atoms with E-state index in [0.717, 1.165) is 10.7 Å². The zero-order valence-corrected chi connectivity index (χ0v) is 14.6. The van der Waals surface area contributed by atoms with Crippen LogP contribution in [0, 0.1) is 0 Å². The second-order valence-electron chi connectivity index (χ2n) is 6.49. The third kappa shape index (κ3) is 3.37. The molecule has 0 unspecified atom stereocenters. The normalized spacial score (nSPS) is 17.6. The van der Waals surface area contributed by atoms with Crippen LogP contribution < -0.4 is 0 Å². The summed E-state index contributed by atoms with van der Waals surface area (Å²) in [6.07, 6.45) is 5.36. The van der Waals surface area contributed by atoms with E-state index in [1.807, 2.05) is 4.90 Å². The Morgan fingerprint density at radius 1 is 1.17 bits per heavy atom. The van der Waals surface area contributed by atoms with Gasteiger partial charge in [0.1, 0.15) is 5.01 Å². The van der Waals surface area contributed by atoms with E-state index in [9.17, 15) is 4.79 Å². The average molecular weight is 342 g/mol. The lowest BCUT2D eigenvalue weighted by molar-refractivity contribution is -0.134. The van der Waals surface area contributed by atoms with Crippen molar-refractivity contribution in [1.82, 2.24) is 9.88 Å². The highest BCUT2D eigenvalue weighted by molar-refractivity contribution is 7.10. The zero-order valence-electron chi connectivity index (χ0n) is 13.8. The van der Waals surface area contributed by atoms with Crippen molar-refractivity contribution >= 4 is 17.2 Å². The SMILES string of the molecule is O=C(Cc1nc(-c2ccc3c(c2)CCCC3)cs1)N1CCOCC1. The Bertz CT molecular complexity index is 735. The second kappa shape index (κ2) is 7.03. The molecule has 5 heteroatoms. The lowest BCUT2D eigenvalue weighted by atomic mass is 9.90. The molecule has 1 aliphatic heterocycles. The molecule has 0 radical (unpaired) electrons. The number of ether oxygens (including phenoxy) is 1. The third-order valence-corrected chi connectivity index (χ3v) is 5.71. The first kappa shape index (κ1) is 15.8. The minimum atomic E-state index is 0.157. The Kier molecular flexibility index (Phi) is 4.63. The fraction of sp³-hybridized carbons (Fsp3) is 0.474. The number of amides is 1. The van der Waals surface area contributed by atoms with E-state index in [1.54, 1.807) is 11.3 Å². The molecule has 1 fully saturated rings. The van der Waals surface area contributed by atoms with Gasteiger partial charge in [0.15, 0.2) is 0 Å². The Labute approximate surface area is 146 Å². The maximum absolute atomic E-state index is 12.3. The van der Waals surface area contributed by atoms with E-state index in [1.165, 1.54) is 42.4 Å². The summed E-state index contributed by atoms with van der Waals surface area (Å²) in [6.45, 7) is 2.68. The number of fused-ring (bicyclic) bond motifs is 1.